The first-order valence-electron chi connectivity index (χ1n) is 15.3. The molecule has 3 N–H and O–H groups in total. The molecule has 0 saturated heterocycles. The summed E-state index contributed by atoms with van der Waals surface area (Å²) in [6.45, 7) is 0.892. The first kappa shape index (κ1) is 34.0. The average Bonchev–Trinajstić information content (AvgIpc) is 3.09. The van der Waals surface area contributed by atoms with Gasteiger partial charge in [-0.1, -0.05) is 121 Å². The second-order valence-corrected chi connectivity index (χ2v) is 10.7. The van der Waals surface area contributed by atoms with Crippen molar-refractivity contribution in [3.8, 4) is 0 Å². The van der Waals surface area contributed by atoms with Gasteiger partial charge < -0.3 is 34.5 Å². The summed E-state index contributed by atoms with van der Waals surface area (Å²) in [7, 11) is 0. The molecule has 0 aliphatic rings. The quantitative estimate of drug-likeness (QED) is 0.123. The number of nitrogens with one attached hydrogen (secondary N) is 1. The normalized spacial score (nSPS) is 13.9. The van der Waals surface area contributed by atoms with E-state index in [1.807, 2.05) is 121 Å². The lowest BCUT2D eigenvalue weighted by atomic mass is 10.0. The Bertz CT molecular complexity index is 1340. The zero-order chi connectivity index (χ0) is 31.5. The number of aliphatic hydroxyl groups is 2. The van der Waals surface area contributed by atoms with Crippen LogP contribution in [0.3, 0.4) is 0 Å². The van der Waals surface area contributed by atoms with Crippen molar-refractivity contribution in [3.63, 3.8) is 0 Å². The molecule has 0 saturated carbocycles. The first-order chi connectivity index (χ1) is 22.1. The molecule has 0 radical (unpaired) electrons. The molecule has 0 aromatic heterocycles. The van der Waals surface area contributed by atoms with Crippen LogP contribution in [0.2, 0.25) is 0 Å². The predicted molar refractivity (Wildman–Crippen MR) is 172 cm³/mol. The summed E-state index contributed by atoms with van der Waals surface area (Å²) in [5, 5.41) is 23.8. The second-order valence-electron chi connectivity index (χ2n) is 10.7. The van der Waals surface area contributed by atoms with Crippen molar-refractivity contribution in [1.82, 2.24) is 5.32 Å². The number of benzene rings is 4. The highest BCUT2D eigenvalue weighted by atomic mass is 16.6. The van der Waals surface area contributed by atoms with Gasteiger partial charge in [-0.3, -0.25) is 4.79 Å². The molecule has 4 rings (SSSR count). The van der Waals surface area contributed by atoms with Gasteiger partial charge in [0.1, 0.15) is 18.3 Å². The Morgan fingerprint density at radius 3 is 1.49 bits per heavy atom. The van der Waals surface area contributed by atoms with Crippen molar-refractivity contribution in [3.05, 3.63) is 144 Å². The maximum atomic E-state index is 13.7. The number of amides is 1. The van der Waals surface area contributed by atoms with E-state index in [0.717, 1.165) is 22.3 Å². The number of rotatable bonds is 20. The lowest BCUT2D eigenvalue weighted by Crippen LogP contribution is -2.55. The maximum Gasteiger partial charge on any atom is 0.251 e. The summed E-state index contributed by atoms with van der Waals surface area (Å²) in [5.41, 5.74) is 3.63. The third kappa shape index (κ3) is 11.9. The number of carbonyl (C=O) groups is 1. The number of hydrogen-bond donors (Lipinski definition) is 3. The molecule has 4 aromatic carbocycles. The van der Waals surface area contributed by atoms with E-state index < -0.39 is 30.3 Å². The Hall–Kier alpha value is -3.89. The standard InChI is InChI=1S/C37H43NO7/c39-23-13-22-38-37(41)36(45-27-32-20-11-4-12-21-32)35(44-26-31-18-9-3-10-19-31)34(43-25-30-16-7-2-8-17-30)33(40)28-42-24-29-14-5-1-6-15-29/h1-12,14-21,33-36,39-40H,13,22-28H2,(H,38,41)/t33-,34-,35+,36-/m1/s1. The van der Waals surface area contributed by atoms with Gasteiger partial charge in [-0.05, 0) is 28.7 Å². The summed E-state index contributed by atoms with van der Waals surface area (Å²) >= 11 is 0. The molecule has 45 heavy (non-hydrogen) atoms. The zero-order valence-corrected chi connectivity index (χ0v) is 25.4. The van der Waals surface area contributed by atoms with Gasteiger partial charge in [0.05, 0.1) is 33.0 Å². The van der Waals surface area contributed by atoms with Crippen LogP contribution in [0.1, 0.15) is 28.7 Å². The zero-order valence-electron chi connectivity index (χ0n) is 25.4. The molecular weight excluding hydrogens is 570 g/mol. The van der Waals surface area contributed by atoms with Crippen LogP contribution < -0.4 is 5.32 Å². The molecule has 0 aliphatic heterocycles. The summed E-state index contributed by atoms with van der Waals surface area (Å²) in [4.78, 5) is 13.7. The van der Waals surface area contributed by atoms with Gasteiger partial charge in [0.15, 0.2) is 6.10 Å². The molecule has 1 amide bonds. The van der Waals surface area contributed by atoms with Crippen LogP contribution in [0.5, 0.6) is 0 Å². The minimum atomic E-state index is -1.16. The molecule has 0 spiro atoms. The highest BCUT2D eigenvalue weighted by molar-refractivity contribution is 5.81. The van der Waals surface area contributed by atoms with Crippen LogP contribution in [-0.4, -0.2) is 60.3 Å². The van der Waals surface area contributed by atoms with E-state index in [2.05, 4.69) is 5.32 Å². The van der Waals surface area contributed by atoms with Crippen LogP contribution in [0.15, 0.2) is 121 Å². The Kier molecular flexibility index (Phi) is 14.7. The fourth-order valence-corrected chi connectivity index (χ4v) is 4.75. The monoisotopic (exact) mass is 613 g/mol. The van der Waals surface area contributed by atoms with Gasteiger partial charge in [-0.25, -0.2) is 0 Å². The third-order valence-corrected chi connectivity index (χ3v) is 7.14. The van der Waals surface area contributed by atoms with Crippen LogP contribution in [0.4, 0.5) is 0 Å². The lowest BCUT2D eigenvalue weighted by molar-refractivity contribution is -0.191. The molecule has 0 bridgehead atoms. The summed E-state index contributed by atoms with van der Waals surface area (Å²) in [6, 6.07) is 38.4. The second kappa shape index (κ2) is 19.5. The average molecular weight is 614 g/mol. The Labute approximate surface area is 265 Å². The maximum absolute atomic E-state index is 13.7. The van der Waals surface area contributed by atoms with E-state index in [-0.39, 0.29) is 39.6 Å². The van der Waals surface area contributed by atoms with Crippen molar-refractivity contribution in [2.45, 2.75) is 57.3 Å². The summed E-state index contributed by atoms with van der Waals surface area (Å²) in [6.07, 6.45) is -3.96. The van der Waals surface area contributed by atoms with E-state index in [1.54, 1.807) is 0 Å². The fourth-order valence-electron chi connectivity index (χ4n) is 4.75. The van der Waals surface area contributed by atoms with Gasteiger partial charge in [-0.15, -0.1) is 0 Å². The molecule has 0 fully saturated rings. The fraction of sp³-hybridized carbons (Fsp3) is 0.324. The number of ether oxygens (including phenoxy) is 4. The van der Waals surface area contributed by atoms with Crippen molar-refractivity contribution in [2.24, 2.45) is 0 Å². The van der Waals surface area contributed by atoms with Crippen molar-refractivity contribution in [1.29, 1.82) is 0 Å². The topological polar surface area (TPSA) is 106 Å². The molecule has 238 valence electrons. The van der Waals surface area contributed by atoms with Gasteiger partial charge in [0, 0.05) is 13.2 Å². The van der Waals surface area contributed by atoms with E-state index in [9.17, 15) is 15.0 Å². The molecule has 0 unspecified atom stereocenters. The molecule has 0 heterocycles. The smallest absolute Gasteiger partial charge is 0.251 e. The molecule has 8 heteroatoms. The Balaban J connectivity index is 1.62. The SMILES string of the molecule is O=C(NCCCO)[C@H](OCc1ccccc1)[C@@H](OCc1ccccc1)[C@H](OCc1ccccc1)[C@H](O)COCc1ccccc1. The highest BCUT2D eigenvalue weighted by Gasteiger charge is 2.41. The summed E-state index contributed by atoms with van der Waals surface area (Å²) < 4.78 is 25.1. The summed E-state index contributed by atoms with van der Waals surface area (Å²) in [5.74, 6) is -0.428. The molecular formula is C37H43NO7. The molecule has 8 nitrogen and oxygen atoms in total. The van der Waals surface area contributed by atoms with Crippen molar-refractivity contribution < 1.29 is 34.0 Å². The van der Waals surface area contributed by atoms with Gasteiger partial charge >= 0.3 is 0 Å². The van der Waals surface area contributed by atoms with Crippen LogP contribution >= 0.6 is 0 Å². The van der Waals surface area contributed by atoms with Crippen molar-refractivity contribution in [2.75, 3.05) is 19.8 Å². The molecule has 4 atom stereocenters. The predicted octanol–water partition coefficient (Wildman–Crippen LogP) is 4.82. The Morgan fingerprint density at radius 2 is 1.02 bits per heavy atom. The van der Waals surface area contributed by atoms with E-state index >= 15 is 0 Å². The first-order valence-corrected chi connectivity index (χ1v) is 15.3. The largest absolute Gasteiger partial charge is 0.396 e. The third-order valence-electron chi connectivity index (χ3n) is 7.14. The van der Waals surface area contributed by atoms with Gasteiger partial charge in [0.25, 0.3) is 5.91 Å². The van der Waals surface area contributed by atoms with Crippen LogP contribution in [0, 0.1) is 0 Å². The van der Waals surface area contributed by atoms with Crippen molar-refractivity contribution >= 4 is 5.91 Å². The Morgan fingerprint density at radius 1 is 0.600 bits per heavy atom. The lowest BCUT2D eigenvalue weighted by Gasteiger charge is -2.35. The van der Waals surface area contributed by atoms with E-state index in [1.165, 1.54) is 0 Å². The highest BCUT2D eigenvalue weighted by Crippen LogP contribution is 2.22. The van der Waals surface area contributed by atoms with Gasteiger partial charge in [-0.2, -0.15) is 0 Å². The number of carbonyl (C=O) groups excluding carboxylic acids is 1. The minimum Gasteiger partial charge on any atom is -0.396 e. The number of hydrogen-bond acceptors (Lipinski definition) is 7. The van der Waals surface area contributed by atoms with Crippen LogP contribution in [-0.2, 0) is 50.2 Å². The van der Waals surface area contributed by atoms with E-state index in [0.29, 0.717) is 13.0 Å². The van der Waals surface area contributed by atoms with Gasteiger partial charge in [0.2, 0.25) is 0 Å². The van der Waals surface area contributed by atoms with E-state index in [4.69, 9.17) is 18.9 Å². The molecule has 4 aromatic rings. The number of aliphatic hydroxyl groups excluding tert-OH is 2. The van der Waals surface area contributed by atoms with Crippen LogP contribution in [0.25, 0.3) is 0 Å². The minimum absolute atomic E-state index is 0.0584. The molecule has 0 aliphatic carbocycles.